The van der Waals surface area contributed by atoms with Crippen LogP contribution in [0.3, 0.4) is 0 Å². The summed E-state index contributed by atoms with van der Waals surface area (Å²) in [4.78, 5) is 28.3. The summed E-state index contributed by atoms with van der Waals surface area (Å²) in [5, 5.41) is 10.1. The fourth-order valence-corrected chi connectivity index (χ4v) is 3.30. The molecule has 1 aliphatic heterocycles. The number of carbonyl (C=O) groups is 2. The van der Waals surface area contributed by atoms with Gasteiger partial charge in [-0.1, -0.05) is 29.8 Å². The third kappa shape index (κ3) is 5.16. The molecular formula is C21H23ClN2O4. The molecule has 3 rings (SSSR count). The highest BCUT2D eigenvalue weighted by Crippen LogP contribution is 2.23. The van der Waals surface area contributed by atoms with E-state index in [1.54, 1.807) is 34.1 Å². The lowest BCUT2D eigenvalue weighted by atomic mass is 10.1. The maximum atomic E-state index is 12.5. The van der Waals surface area contributed by atoms with Gasteiger partial charge in [0.1, 0.15) is 11.5 Å². The first-order valence-electron chi connectivity index (χ1n) is 9.28. The molecular weight excluding hydrogens is 380 g/mol. The highest BCUT2D eigenvalue weighted by atomic mass is 35.5. The summed E-state index contributed by atoms with van der Waals surface area (Å²) in [6.45, 7) is 2.40. The number of carbonyl (C=O) groups excluding carboxylic acids is 2. The second kappa shape index (κ2) is 9.46. The van der Waals surface area contributed by atoms with Crippen molar-refractivity contribution >= 4 is 23.4 Å². The molecule has 2 aromatic carbocycles. The molecule has 0 atom stereocenters. The first-order valence-corrected chi connectivity index (χ1v) is 9.66. The minimum Gasteiger partial charge on any atom is -0.508 e. The van der Waals surface area contributed by atoms with Gasteiger partial charge in [-0.15, -0.1) is 0 Å². The Kier molecular flexibility index (Phi) is 6.76. The number of hydrogen-bond acceptors (Lipinski definition) is 4. The second-order valence-corrected chi connectivity index (χ2v) is 7.01. The Morgan fingerprint density at radius 1 is 1.00 bits per heavy atom. The quantitative estimate of drug-likeness (QED) is 0.753. The zero-order chi connectivity index (χ0) is 19.9. The van der Waals surface area contributed by atoms with Crippen LogP contribution < -0.4 is 4.74 Å². The highest BCUT2D eigenvalue weighted by Gasteiger charge is 2.24. The topological polar surface area (TPSA) is 70.1 Å². The molecule has 7 heteroatoms. The molecule has 2 aromatic rings. The van der Waals surface area contributed by atoms with Gasteiger partial charge in [0, 0.05) is 38.2 Å². The fraction of sp³-hybridized carbons (Fsp3) is 0.333. The Bertz CT molecular complexity index is 835. The van der Waals surface area contributed by atoms with Gasteiger partial charge in [0.05, 0.1) is 11.6 Å². The predicted molar refractivity (Wildman–Crippen MR) is 107 cm³/mol. The van der Waals surface area contributed by atoms with Gasteiger partial charge in [-0.25, -0.2) is 0 Å². The van der Waals surface area contributed by atoms with Crippen LogP contribution in [0.1, 0.15) is 23.2 Å². The summed E-state index contributed by atoms with van der Waals surface area (Å²) in [6, 6.07) is 13.6. The van der Waals surface area contributed by atoms with Gasteiger partial charge in [-0.2, -0.15) is 0 Å². The summed E-state index contributed by atoms with van der Waals surface area (Å²) >= 11 is 6.03. The largest absolute Gasteiger partial charge is 0.508 e. The van der Waals surface area contributed by atoms with Gasteiger partial charge in [0.25, 0.3) is 5.91 Å². The number of hydrogen-bond donors (Lipinski definition) is 1. The van der Waals surface area contributed by atoms with E-state index in [1.165, 1.54) is 12.1 Å². The van der Waals surface area contributed by atoms with Crippen molar-refractivity contribution in [2.75, 3.05) is 32.8 Å². The molecule has 1 heterocycles. The van der Waals surface area contributed by atoms with Crippen LogP contribution in [0.4, 0.5) is 0 Å². The lowest BCUT2D eigenvalue weighted by molar-refractivity contribution is -0.132. The molecule has 1 saturated heterocycles. The number of amides is 2. The smallest absolute Gasteiger partial charge is 0.254 e. The van der Waals surface area contributed by atoms with Crippen LogP contribution in [0.5, 0.6) is 11.5 Å². The lowest BCUT2D eigenvalue weighted by Crippen LogP contribution is -2.50. The molecule has 2 amide bonds. The van der Waals surface area contributed by atoms with Crippen molar-refractivity contribution in [2.45, 2.75) is 12.8 Å². The predicted octanol–water partition coefficient (Wildman–Crippen LogP) is 3.19. The molecule has 1 fully saturated rings. The lowest BCUT2D eigenvalue weighted by Gasteiger charge is -2.35. The molecule has 28 heavy (non-hydrogen) atoms. The minimum atomic E-state index is -0.129. The average molecular weight is 403 g/mol. The average Bonchev–Trinajstić information content (AvgIpc) is 2.72. The van der Waals surface area contributed by atoms with Crippen LogP contribution in [0.2, 0.25) is 5.02 Å². The van der Waals surface area contributed by atoms with Crippen LogP contribution in [0.15, 0.2) is 48.5 Å². The first-order chi connectivity index (χ1) is 13.5. The molecule has 6 nitrogen and oxygen atoms in total. The zero-order valence-corrected chi connectivity index (χ0v) is 16.3. The van der Waals surface area contributed by atoms with Crippen molar-refractivity contribution in [1.29, 1.82) is 0 Å². The normalized spacial score (nSPS) is 14.0. The van der Waals surface area contributed by atoms with E-state index in [9.17, 15) is 14.7 Å². The Hall–Kier alpha value is -2.73. The third-order valence-corrected chi connectivity index (χ3v) is 4.95. The molecule has 0 aromatic heterocycles. The summed E-state index contributed by atoms with van der Waals surface area (Å²) < 4.78 is 5.61. The maximum Gasteiger partial charge on any atom is 0.254 e. The number of benzene rings is 2. The number of ether oxygens (including phenoxy) is 1. The maximum absolute atomic E-state index is 12.5. The van der Waals surface area contributed by atoms with Crippen LogP contribution >= 0.6 is 11.6 Å². The van der Waals surface area contributed by atoms with E-state index in [-0.39, 0.29) is 17.6 Å². The van der Waals surface area contributed by atoms with Gasteiger partial charge in [-0.05, 0) is 36.8 Å². The molecule has 0 aliphatic carbocycles. The van der Waals surface area contributed by atoms with E-state index in [4.69, 9.17) is 16.3 Å². The van der Waals surface area contributed by atoms with Gasteiger partial charge < -0.3 is 19.6 Å². The molecule has 1 N–H and O–H groups in total. The number of aromatic hydroxyl groups is 1. The Morgan fingerprint density at radius 2 is 1.71 bits per heavy atom. The van der Waals surface area contributed by atoms with Crippen molar-refractivity contribution in [1.82, 2.24) is 9.80 Å². The highest BCUT2D eigenvalue weighted by molar-refractivity contribution is 6.32. The Balaban J connectivity index is 1.40. The van der Waals surface area contributed by atoms with Crippen LogP contribution in [-0.2, 0) is 4.79 Å². The van der Waals surface area contributed by atoms with Crippen LogP contribution in [-0.4, -0.2) is 59.5 Å². The van der Waals surface area contributed by atoms with E-state index in [2.05, 4.69) is 0 Å². The van der Waals surface area contributed by atoms with E-state index in [1.807, 2.05) is 12.1 Å². The molecule has 0 spiro atoms. The van der Waals surface area contributed by atoms with Gasteiger partial charge in [-0.3, -0.25) is 9.59 Å². The number of phenolic OH excluding ortho intramolecular Hbond substituents is 1. The number of nitrogens with zero attached hydrogens (tertiary/aromatic N) is 2. The second-order valence-electron chi connectivity index (χ2n) is 6.61. The number of piperazine rings is 1. The summed E-state index contributed by atoms with van der Waals surface area (Å²) in [5.74, 6) is 0.623. The summed E-state index contributed by atoms with van der Waals surface area (Å²) in [5.41, 5.74) is 0.455. The molecule has 0 unspecified atom stereocenters. The SMILES string of the molecule is O=C(CCCOc1ccccc1Cl)N1CCN(C(=O)c2cccc(O)c2)CC1. The van der Waals surface area contributed by atoms with Crippen molar-refractivity contribution in [3.63, 3.8) is 0 Å². The standard InChI is InChI=1S/C21H23ClN2O4/c22-18-7-1-2-8-19(18)28-14-4-9-20(26)23-10-12-24(13-11-23)21(27)16-5-3-6-17(25)15-16/h1-3,5-8,15,25H,4,9-14H2. The molecule has 0 radical (unpaired) electrons. The fourth-order valence-electron chi connectivity index (χ4n) is 3.11. The van der Waals surface area contributed by atoms with Crippen molar-refractivity contribution in [3.8, 4) is 11.5 Å². The van der Waals surface area contributed by atoms with E-state index in [0.717, 1.165) is 0 Å². The number of para-hydroxylation sites is 1. The summed E-state index contributed by atoms with van der Waals surface area (Å²) in [6.07, 6.45) is 0.997. The van der Waals surface area contributed by atoms with Gasteiger partial charge in [0.15, 0.2) is 0 Å². The van der Waals surface area contributed by atoms with E-state index < -0.39 is 0 Å². The van der Waals surface area contributed by atoms with E-state index >= 15 is 0 Å². The zero-order valence-electron chi connectivity index (χ0n) is 15.5. The first kappa shape index (κ1) is 20.0. The van der Waals surface area contributed by atoms with Crippen LogP contribution in [0, 0.1) is 0 Å². The third-order valence-electron chi connectivity index (χ3n) is 4.64. The van der Waals surface area contributed by atoms with Gasteiger partial charge in [0.2, 0.25) is 5.91 Å². The number of rotatable bonds is 6. The monoisotopic (exact) mass is 402 g/mol. The minimum absolute atomic E-state index is 0.0622. The van der Waals surface area contributed by atoms with Crippen molar-refractivity contribution in [2.24, 2.45) is 0 Å². The molecule has 0 saturated carbocycles. The van der Waals surface area contributed by atoms with Crippen LogP contribution in [0.25, 0.3) is 0 Å². The Morgan fingerprint density at radius 3 is 2.43 bits per heavy atom. The van der Waals surface area contributed by atoms with Crippen molar-refractivity contribution in [3.05, 3.63) is 59.1 Å². The molecule has 148 valence electrons. The van der Waals surface area contributed by atoms with Crippen molar-refractivity contribution < 1.29 is 19.4 Å². The molecule has 0 bridgehead atoms. The number of halogens is 1. The molecule has 1 aliphatic rings. The number of phenols is 1. The Labute approximate surface area is 169 Å². The van der Waals surface area contributed by atoms with E-state index in [0.29, 0.717) is 62.0 Å². The van der Waals surface area contributed by atoms with Gasteiger partial charge >= 0.3 is 0 Å². The summed E-state index contributed by atoms with van der Waals surface area (Å²) in [7, 11) is 0.